The highest BCUT2D eigenvalue weighted by Crippen LogP contribution is 2.14. The first-order chi connectivity index (χ1) is 10.1. The third kappa shape index (κ3) is 3.92. The summed E-state index contributed by atoms with van der Waals surface area (Å²) in [5.74, 6) is -0.887. The van der Waals surface area contributed by atoms with Gasteiger partial charge in [-0.2, -0.15) is 5.10 Å². The SMILES string of the molecule is CCC(C)n1ccc(CNC(C(=O)O)c2ccccc2)n1. The second-order valence-corrected chi connectivity index (χ2v) is 5.11. The third-order valence-corrected chi connectivity index (χ3v) is 3.57. The molecule has 2 rings (SSSR count). The molecule has 1 aromatic carbocycles. The van der Waals surface area contributed by atoms with Gasteiger partial charge in [0.2, 0.25) is 0 Å². The Labute approximate surface area is 124 Å². The van der Waals surface area contributed by atoms with E-state index in [-0.39, 0.29) is 0 Å². The molecule has 2 N–H and O–H groups in total. The molecular formula is C16H21N3O2. The first-order valence-electron chi connectivity index (χ1n) is 7.17. The van der Waals surface area contributed by atoms with Gasteiger partial charge >= 0.3 is 5.97 Å². The van der Waals surface area contributed by atoms with Gasteiger partial charge in [-0.15, -0.1) is 0 Å². The molecule has 2 aromatic rings. The van der Waals surface area contributed by atoms with E-state index >= 15 is 0 Å². The lowest BCUT2D eigenvalue weighted by Crippen LogP contribution is -2.28. The summed E-state index contributed by atoms with van der Waals surface area (Å²) in [6.45, 7) is 4.64. The maximum absolute atomic E-state index is 11.4. The fraction of sp³-hybridized carbons (Fsp3) is 0.375. The van der Waals surface area contributed by atoms with Crippen molar-refractivity contribution in [1.29, 1.82) is 0 Å². The van der Waals surface area contributed by atoms with Crippen molar-refractivity contribution >= 4 is 5.97 Å². The average Bonchev–Trinajstić information content (AvgIpc) is 2.96. The summed E-state index contributed by atoms with van der Waals surface area (Å²) in [4.78, 5) is 11.4. The molecule has 5 heteroatoms. The Morgan fingerprint density at radius 3 is 2.67 bits per heavy atom. The Morgan fingerprint density at radius 1 is 1.33 bits per heavy atom. The van der Waals surface area contributed by atoms with Gasteiger partial charge in [-0.1, -0.05) is 37.3 Å². The number of benzene rings is 1. The van der Waals surface area contributed by atoms with E-state index in [4.69, 9.17) is 0 Å². The second-order valence-electron chi connectivity index (χ2n) is 5.11. The monoisotopic (exact) mass is 287 g/mol. The lowest BCUT2D eigenvalue weighted by Gasteiger charge is -2.14. The Balaban J connectivity index is 2.03. The Kier molecular flexibility index (Phi) is 5.11. The van der Waals surface area contributed by atoms with Crippen LogP contribution >= 0.6 is 0 Å². The van der Waals surface area contributed by atoms with Crippen LogP contribution < -0.4 is 5.32 Å². The molecule has 0 aliphatic heterocycles. The summed E-state index contributed by atoms with van der Waals surface area (Å²) >= 11 is 0. The van der Waals surface area contributed by atoms with Gasteiger partial charge in [0.05, 0.1) is 5.69 Å². The molecule has 0 saturated carbocycles. The Morgan fingerprint density at radius 2 is 2.05 bits per heavy atom. The number of nitrogens with zero attached hydrogens (tertiary/aromatic N) is 2. The number of carbonyl (C=O) groups is 1. The maximum atomic E-state index is 11.4. The molecule has 2 atom stereocenters. The van der Waals surface area contributed by atoms with Crippen LogP contribution in [0.1, 0.15) is 43.6 Å². The minimum Gasteiger partial charge on any atom is -0.480 e. The number of carboxylic acids is 1. The van der Waals surface area contributed by atoms with Gasteiger partial charge < -0.3 is 5.11 Å². The molecule has 0 bridgehead atoms. The molecule has 0 aliphatic rings. The van der Waals surface area contributed by atoms with Gasteiger partial charge in [0.15, 0.2) is 0 Å². The Bertz CT molecular complexity index is 580. The van der Waals surface area contributed by atoms with Gasteiger partial charge in [0.25, 0.3) is 0 Å². The summed E-state index contributed by atoms with van der Waals surface area (Å²) < 4.78 is 1.91. The van der Waals surface area contributed by atoms with Gasteiger partial charge in [-0.3, -0.25) is 14.8 Å². The number of nitrogens with one attached hydrogen (secondary N) is 1. The van der Waals surface area contributed by atoms with Gasteiger partial charge in [0, 0.05) is 18.8 Å². The number of aliphatic carboxylic acids is 1. The highest BCUT2D eigenvalue weighted by molar-refractivity contribution is 5.75. The first kappa shape index (κ1) is 15.3. The van der Waals surface area contributed by atoms with E-state index in [0.29, 0.717) is 12.6 Å². The molecule has 0 radical (unpaired) electrons. The zero-order valence-electron chi connectivity index (χ0n) is 12.4. The van der Waals surface area contributed by atoms with Crippen molar-refractivity contribution < 1.29 is 9.90 Å². The van der Waals surface area contributed by atoms with E-state index in [1.54, 1.807) is 0 Å². The van der Waals surface area contributed by atoms with E-state index in [0.717, 1.165) is 17.7 Å². The standard InChI is InChI=1S/C16H21N3O2/c1-3-12(2)19-10-9-14(18-19)11-17-15(16(20)21)13-7-5-4-6-8-13/h4-10,12,15,17H,3,11H2,1-2H3,(H,20,21). The fourth-order valence-corrected chi connectivity index (χ4v) is 2.10. The van der Waals surface area contributed by atoms with E-state index in [9.17, 15) is 9.90 Å². The van der Waals surface area contributed by atoms with Gasteiger partial charge in [-0.25, -0.2) is 0 Å². The minimum atomic E-state index is -0.887. The quantitative estimate of drug-likeness (QED) is 0.821. The summed E-state index contributed by atoms with van der Waals surface area (Å²) in [5.41, 5.74) is 1.59. The number of hydrogen-bond donors (Lipinski definition) is 2. The second kappa shape index (κ2) is 7.04. The molecular weight excluding hydrogens is 266 g/mol. The van der Waals surface area contributed by atoms with Crippen LogP contribution in [-0.2, 0) is 11.3 Å². The molecule has 0 spiro atoms. The van der Waals surface area contributed by atoms with Crippen molar-refractivity contribution in [3.05, 3.63) is 53.9 Å². The number of hydrogen-bond acceptors (Lipinski definition) is 3. The molecule has 21 heavy (non-hydrogen) atoms. The van der Waals surface area contributed by atoms with Crippen molar-refractivity contribution in [3.63, 3.8) is 0 Å². The molecule has 0 amide bonds. The molecule has 1 aromatic heterocycles. The fourth-order valence-electron chi connectivity index (χ4n) is 2.10. The van der Waals surface area contributed by atoms with Crippen LogP contribution in [-0.4, -0.2) is 20.9 Å². The number of rotatable bonds is 7. The summed E-state index contributed by atoms with van der Waals surface area (Å²) in [7, 11) is 0. The molecule has 2 unspecified atom stereocenters. The van der Waals surface area contributed by atoms with E-state index in [2.05, 4.69) is 24.3 Å². The van der Waals surface area contributed by atoms with E-state index in [1.165, 1.54) is 0 Å². The van der Waals surface area contributed by atoms with Crippen molar-refractivity contribution in [2.75, 3.05) is 0 Å². The molecule has 0 aliphatic carbocycles. The normalized spacial score (nSPS) is 13.8. The van der Waals surface area contributed by atoms with Crippen molar-refractivity contribution in [1.82, 2.24) is 15.1 Å². The van der Waals surface area contributed by atoms with E-state index < -0.39 is 12.0 Å². The van der Waals surface area contributed by atoms with Crippen LogP contribution in [0.5, 0.6) is 0 Å². The number of carboxylic acid groups (broad SMARTS) is 1. The minimum absolute atomic E-state index is 0.350. The lowest BCUT2D eigenvalue weighted by atomic mass is 10.1. The summed E-state index contributed by atoms with van der Waals surface area (Å²) in [6.07, 6.45) is 2.94. The van der Waals surface area contributed by atoms with Gasteiger partial charge in [-0.05, 0) is 25.0 Å². The van der Waals surface area contributed by atoms with E-state index in [1.807, 2.05) is 47.3 Å². The van der Waals surface area contributed by atoms with Crippen molar-refractivity contribution in [2.24, 2.45) is 0 Å². The third-order valence-electron chi connectivity index (χ3n) is 3.57. The van der Waals surface area contributed by atoms with Crippen molar-refractivity contribution in [2.45, 2.75) is 38.9 Å². The predicted octanol–water partition coefficient (Wildman–Crippen LogP) is 2.77. The largest absolute Gasteiger partial charge is 0.480 e. The first-order valence-corrected chi connectivity index (χ1v) is 7.17. The molecule has 5 nitrogen and oxygen atoms in total. The smallest absolute Gasteiger partial charge is 0.325 e. The van der Waals surface area contributed by atoms with Gasteiger partial charge in [0.1, 0.15) is 6.04 Å². The molecule has 0 saturated heterocycles. The average molecular weight is 287 g/mol. The van der Waals surface area contributed by atoms with Crippen LogP contribution in [0, 0.1) is 0 Å². The van der Waals surface area contributed by atoms with Crippen LogP contribution in [0.15, 0.2) is 42.6 Å². The zero-order valence-corrected chi connectivity index (χ0v) is 12.4. The maximum Gasteiger partial charge on any atom is 0.325 e. The molecule has 1 heterocycles. The summed E-state index contributed by atoms with van der Waals surface area (Å²) in [6, 6.07) is 10.7. The highest BCUT2D eigenvalue weighted by atomic mass is 16.4. The lowest BCUT2D eigenvalue weighted by molar-refractivity contribution is -0.139. The zero-order chi connectivity index (χ0) is 15.2. The Hall–Kier alpha value is -2.14. The van der Waals surface area contributed by atoms with Crippen LogP contribution in [0.3, 0.4) is 0 Å². The van der Waals surface area contributed by atoms with Crippen molar-refractivity contribution in [3.8, 4) is 0 Å². The predicted molar refractivity (Wildman–Crippen MR) is 80.9 cm³/mol. The number of aromatic nitrogens is 2. The highest BCUT2D eigenvalue weighted by Gasteiger charge is 2.19. The molecule has 0 fully saturated rings. The molecule has 112 valence electrons. The van der Waals surface area contributed by atoms with Crippen LogP contribution in [0.25, 0.3) is 0 Å². The topological polar surface area (TPSA) is 67.2 Å². The summed E-state index contributed by atoms with van der Waals surface area (Å²) in [5, 5.41) is 16.9. The van der Waals surface area contributed by atoms with Crippen LogP contribution in [0.2, 0.25) is 0 Å². The van der Waals surface area contributed by atoms with Crippen LogP contribution in [0.4, 0.5) is 0 Å².